The number of rotatable bonds is 7. The third kappa shape index (κ3) is 4.87. The van der Waals surface area contributed by atoms with Crippen LogP contribution in [0.3, 0.4) is 0 Å². The lowest BCUT2D eigenvalue weighted by molar-refractivity contribution is -0.120. The molecular formula is C14H21FN2O2. The molecular weight excluding hydrogens is 247 g/mol. The van der Waals surface area contributed by atoms with Crippen LogP contribution in [0.5, 0.6) is 5.75 Å². The van der Waals surface area contributed by atoms with Crippen molar-refractivity contribution >= 4 is 5.91 Å². The van der Waals surface area contributed by atoms with Crippen LogP contribution in [0.1, 0.15) is 31.9 Å². The minimum absolute atomic E-state index is 0.0809. The Labute approximate surface area is 113 Å². The van der Waals surface area contributed by atoms with Gasteiger partial charge in [-0.05, 0) is 19.4 Å². The van der Waals surface area contributed by atoms with Crippen LogP contribution in [0.25, 0.3) is 0 Å². The first-order valence-electron chi connectivity index (χ1n) is 6.42. The maximum atomic E-state index is 13.8. The highest BCUT2D eigenvalue weighted by Gasteiger charge is 2.12. The first-order chi connectivity index (χ1) is 9.08. The molecule has 0 aliphatic rings. The molecule has 1 unspecified atom stereocenters. The number of benzene rings is 1. The van der Waals surface area contributed by atoms with Crippen molar-refractivity contribution in [2.75, 3.05) is 20.2 Å². The van der Waals surface area contributed by atoms with Gasteiger partial charge in [0, 0.05) is 24.2 Å². The number of hydrogen-bond donors (Lipinski definition) is 2. The standard InChI is InChI=1S/C14H21FN2O2/c1-4-7-16-14(18)9-17-10(2)12-6-5-11(19-3)8-13(12)15/h5-6,8,10,17H,4,7,9H2,1-3H3,(H,16,18). The number of halogens is 1. The zero-order chi connectivity index (χ0) is 14.3. The van der Waals surface area contributed by atoms with Gasteiger partial charge in [0.25, 0.3) is 0 Å². The molecule has 0 aliphatic heterocycles. The van der Waals surface area contributed by atoms with Crippen molar-refractivity contribution in [1.82, 2.24) is 10.6 Å². The molecule has 1 rings (SSSR count). The number of methoxy groups -OCH3 is 1. The summed E-state index contributed by atoms with van der Waals surface area (Å²) in [5.74, 6) is 0.0603. The molecule has 1 atom stereocenters. The highest BCUT2D eigenvalue weighted by atomic mass is 19.1. The van der Waals surface area contributed by atoms with Gasteiger partial charge >= 0.3 is 0 Å². The molecule has 1 aromatic rings. The number of carbonyl (C=O) groups is 1. The average Bonchev–Trinajstić information content (AvgIpc) is 2.42. The molecule has 0 aliphatic carbocycles. The number of hydrogen-bond acceptors (Lipinski definition) is 3. The van der Waals surface area contributed by atoms with Crippen molar-refractivity contribution in [2.24, 2.45) is 0 Å². The van der Waals surface area contributed by atoms with Gasteiger partial charge in [0.05, 0.1) is 13.7 Å². The van der Waals surface area contributed by atoms with E-state index in [1.165, 1.54) is 13.2 Å². The third-order valence-corrected chi connectivity index (χ3v) is 2.82. The van der Waals surface area contributed by atoms with Crippen LogP contribution in [0, 0.1) is 5.82 Å². The molecule has 5 heteroatoms. The Hall–Kier alpha value is -1.62. The number of carbonyl (C=O) groups excluding carboxylic acids is 1. The van der Waals surface area contributed by atoms with Crippen molar-refractivity contribution in [3.8, 4) is 5.75 Å². The Morgan fingerprint density at radius 3 is 2.79 bits per heavy atom. The molecule has 0 fully saturated rings. The van der Waals surface area contributed by atoms with Gasteiger partial charge in [0.15, 0.2) is 0 Å². The second-order valence-electron chi connectivity index (χ2n) is 4.34. The molecule has 4 nitrogen and oxygen atoms in total. The maximum absolute atomic E-state index is 13.8. The molecule has 0 spiro atoms. The molecule has 0 aromatic heterocycles. The van der Waals surface area contributed by atoms with Gasteiger partial charge in [0.1, 0.15) is 11.6 Å². The van der Waals surface area contributed by atoms with Crippen LogP contribution < -0.4 is 15.4 Å². The molecule has 19 heavy (non-hydrogen) atoms. The summed E-state index contributed by atoms with van der Waals surface area (Å²) >= 11 is 0. The zero-order valence-corrected chi connectivity index (χ0v) is 11.6. The molecule has 2 N–H and O–H groups in total. The molecule has 0 radical (unpaired) electrons. The minimum Gasteiger partial charge on any atom is -0.497 e. The smallest absolute Gasteiger partial charge is 0.233 e. The van der Waals surface area contributed by atoms with Crippen molar-refractivity contribution in [1.29, 1.82) is 0 Å². The van der Waals surface area contributed by atoms with Gasteiger partial charge in [-0.2, -0.15) is 0 Å². The maximum Gasteiger partial charge on any atom is 0.233 e. The van der Waals surface area contributed by atoms with E-state index in [0.29, 0.717) is 17.9 Å². The number of amides is 1. The first-order valence-corrected chi connectivity index (χ1v) is 6.42. The summed E-state index contributed by atoms with van der Waals surface area (Å²) in [6.45, 7) is 4.64. The first kappa shape index (κ1) is 15.4. The summed E-state index contributed by atoms with van der Waals surface area (Å²) < 4.78 is 18.7. The van der Waals surface area contributed by atoms with E-state index in [1.54, 1.807) is 12.1 Å². The summed E-state index contributed by atoms with van der Waals surface area (Å²) in [6, 6.07) is 4.46. The Bertz CT molecular complexity index is 424. The Morgan fingerprint density at radius 2 is 2.21 bits per heavy atom. The van der Waals surface area contributed by atoms with E-state index in [2.05, 4.69) is 10.6 Å². The lowest BCUT2D eigenvalue weighted by atomic mass is 10.1. The minimum atomic E-state index is -0.340. The van der Waals surface area contributed by atoms with Crippen molar-refractivity contribution in [3.63, 3.8) is 0 Å². The summed E-state index contributed by atoms with van der Waals surface area (Å²) in [7, 11) is 1.49. The second-order valence-corrected chi connectivity index (χ2v) is 4.34. The average molecular weight is 268 g/mol. The second kappa shape index (κ2) is 7.74. The SMILES string of the molecule is CCCNC(=O)CNC(C)c1ccc(OC)cc1F. The van der Waals surface area contributed by atoms with E-state index in [0.717, 1.165) is 6.42 Å². The van der Waals surface area contributed by atoms with E-state index >= 15 is 0 Å². The van der Waals surface area contributed by atoms with Crippen LogP contribution in [-0.2, 0) is 4.79 Å². The van der Waals surface area contributed by atoms with E-state index in [-0.39, 0.29) is 24.3 Å². The molecule has 106 valence electrons. The largest absolute Gasteiger partial charge is 0.497 e. The van der Waals surface area contributed by atoms with E-state index in [4.69, 9.17) is 4.74 Å². The fourth-order valence-corrected chi connectivity index (χ4v) is 1.67. The Kier molecular flexibility index (Phi) is 6.29. The number of ether oxygens (including phenoxy) is 1. The summed E-state index contributed by atoms with van der Waals surface area (Å²) in [5.41, 5.74) is 0.518. The van der Waals surface area contributed by atoms with E-state index in [9.17, 15) is 9.18 Å². The highest BCUT2D eigenvalue weighted by Crippen LogP contribution is 2.21. The molecule has 1 aromatic carbocycles. The van der Waals surface area contributed by atoms with Crippen LogP contribution in [0.15, 0.2) is 18.2 Å². The zero-order valence-electron chi connectivity index (χ0n) is 11.6. The summed E-state index contributed by atoms with van der Waals surface area (Å²) in [5, 5.41) is 5.75. The van der Waals surface area contributed by atoms with Gasteiger partial charge in [-0.25, -0.2) is 4.39 Å². The molecule has 1 amide bonds. The Morgan fingerprint density at radius 1 is 1.47 bits per heavy atom. The van der Waals surface area contributed by atoms with Crippen molar-refractivity contribution in [3.05, 3.63) is 29.6 Å². The van der Waals surface area contributed by atoms with E-state index < -0.39 is 0 Å². The van der Waals surface area contributed by atoms with Gasteiger partial charge in [-0.15, -0.1) is 0 Å². The van der Waals surface area contributed by atoms with Crippen LogP contribution in [0.2, 0.25) is 0 Å². The number of nitrogens with one attached hydrogen (secondary N) is 2. The quantitative estimate of drug-likeness (QED) is 0.795. The fraction of sp³-hybridized carbons (Fsp3) is 0.500. The van der Waals surface area contributed by atoms with E-state index in [1.807, 2.05) is 13.8 Å². The van der Waals surface area contributed by atoms with Crippen LogP contribution in [-0.4, -0.2) is 26.1 Å². The van der Waals surface area contributed by atoms with Gasteiger partial charge in [-0.3, -0.25) is 4.79 Å². The topological polar surface area (TPSA) is 50.4 Å². The van der Waals surface area contributed by atoms with Gasteiger partial charge in [0.2, 0.25) is 5.91 Å². The van der Waals surface area contributed by atoms with Gasteiger partial charge in [-0.1, -0.05) is 13.0 Å². The fourth-order valence-electron chi connectivity index (χ4n) is 1.67. The normalized spacial score (nSPS) is 12.0. The Balaban J connectivity index is 2.53. The van der Waals surface area contributed by atoms with Crippen molar-refractivity contribution in [2.45, 2.75) is 26.3 Å². The third-order valence-electron chi connectivity index (χ3n) is 2.82. The lowest BCUT2D eigenvalue weighted by Crippen LogP contribution is -2.35. The van der Waals surface area contributed by atoms with Crippen molar-refractivity contribution < 1.29 is 13.9 Å². The van der Waals surface area contributed by atoms with Gasteiger partial charge < -0.3 is 15.4 Å². The molecule has 0 heterocycles. The summed E-state index contributed by atoms with van der Waals surface area (Å²) in [4.78, 5) is 11.4. The predicted molar refractivity (Wildman–Crippen MR) is 72.7 cm³/mol. The monoisotopic (exact) mass is 268 g/mol. The predicted octanol–water partition coefficient (Wildman–Crippen LogP) is 2.01. The van der Waals surface area contributed by atoms with Crippen LogP contribution >= 0.6 is 0 Å². The lowest BCUT2D eigenvalue weighted by Gasteiger charge is -2.15. The molecule has 0 bridgehead atoms. The highest BCUT2D eigenvalue weighted by molar-refractivity contribution is 5.77. The molecule has 0 saturated heterocycles. The molecule has 0 saturated carbocycles. The van der Waals surface area contributed by atoms with Crippen LogP contribution in [0.4, 0.5) is 4.39 Å². The summed E-state index contributed by atoms with van der Waals surface area (Å²) in [6.07, 6.45) is 0.897.